The first kappa shape index (κ1) is 25.6. The van der Waals surface area contributed by atoms with E-state index in [4.69, 9.17) is 5.11 Å². The van der Waals surface area contributed by atoms with E-state index in [2.05, 4.69) is 6.92 Å². The predicted octanol–water partition coefficient (Wildman–Crippen LogP) is 1.14. The fraction of sp³-hybridized carbons (Fsp3) is 0.667. The van der Waals surface area contributed by atoms with Crippen LogP contribution in [0.5, 0.6) is 0 Å². The minimum Gasteiger partial charge on any atom is -0.392 e. The predicted molar refractivity (Wildman–Crippen MR) is 59.4 cm³/mol. The van der Waals surface area contributed by atoms with Gasteiger partial charge >= 0.3 is 0 Å². The second kappa shape index (κ2) is 14.6. The average molecular weight is 479 g/mol. The maximum absolute atomic E-state index is 9.81. The van der Waals surface area contributed by atoms with E-state index in [-0.39, 0.29) is 105 Å². The van der Waals surface area contributed by atoms with E-state index in [1.165, 1.54) is 0 Å². The number of allylic oxidation sites excluding steroid dienone is 1. The molecule has 95 valence electrons. The van der Waals surface area contributed by atoms with Crippen LogP contribution in [-0.2, 0) is 98.1 Å². The van der Waals surface area contributed by atoms with Crippen molar-refractivity contribution >= 4 is 0 Å². The number of hydrogen-bond acceptors (Lipinski definition) is 3. The van der Waals surface area contributed by atoms with E-state index in [1.54, 1.807) is 6.08 Å². The van der Waals surface area contributed by atoms with Gasteiger partial charge in [0.15, 0.2) is 0 Å². The molecule has 3 nitrogen and oxygen atoms in total. The maximum Gasteiger partial charge on any atom is 0.0812 e. The monoisotopic (exact) mass is 479 g/mol. The number of aliphatic hydroxyl groups is 3. The van der Waals surface area contributed by atoms with Crippen LogP contribution < -0.4 is 0 Å². The molecule has 18 heavy (non-hydrogen) atoms. The van der Waals surface area contributed by atoms with Gasteiger partial charge < -0.3 is 15.3 Å². The molecular formula is C12H20O3Y3. The SMILES string of the molecule is CCCC=C1[C@H](O)CC(=CCO)C[C@H]1O.[Y].[Y].[Y]. The van der Waals surface area contributed by atoms with Crippen LogP contribution in [0.4, 0.5) is 0 Å². The largest absolute Gasteiger partial charge is 0.392 e. The Morgan fingerprint density at radius 1 is 1.06 bits per heavy atom. The van der Waals surface area contributed by atoms with Crippen molar-refractivity contribution < 1.29 is 113 Å². The summed E-state index contributed by atoms with van der Waals surface area (Å²) in [5.74, 6) is 0. The minimum atomic E-state index is -0.585. The van der Waals surface area contributed by atoms with Crippen molar-refractivity contribution in [2.75, 3.05) is 6.61 Å². The fourth-order valence-electron chi connectivity index (χ4n) is 1.92. The van der Waals surface area contributed by atoms with Crippen molar-refractivity contribution in [3.63, 3.8) is 0 Å². The van der Waals surface area contributed by atoms with Crippen molar-refractivity contribution in [3.8, 4) is 0 Å². The van der Waals surface area contributed by atoms with Crippen LogP contribution in [0.3, 0.4) is 0 Å². The van der Waals surface area contributed by atoms with Gasteiger partial charge in [0.25, 0.3) is 0 Å². The summed E-state index contributed by atoms with van der Waals surface area (Å²) < 4.78 is 0. The summed E-state index contributed by atoms with van der Waals surface area (Å²) in [4.78, 5) is 0. The minimum absolute atomic E-state index is 0. The van der Waals surface area contributed by atoms with Gasteiger partial charge in [0.1, 0.15) is 0 Å². The van der Waals surface area contributed by atoms with Crippen LogP contribution in [-0.4, -0.2) is 34.1 Å². The van der Waals surface area contributed by atoms with E-state index in [1.807, 2.05) is 6.08 Å². The standard InChI is InChI=1S/C12H20O3.3Y/c1-2-3-4-10-11(14)7-9(5-6-13)8-12(10)15;;;/h4-5,11-15H,2-3,6-8H2,1H3;;;/t11-,12-;;;/m1.../s1. The first-order valence-corrected chi connectivity index (χ1v) is 5.53. The summed E-state index contributed by atoms with van der Waals surface area (Å²) in [5, 5.41) is 28.4. The van der Waals surface area contributed by atoms with Gasteiger partial charge in [-0.15, -0.1) is 0 Å². The molecule has 2 atom stereocenters. The Morgan fingerprint density at radius 3 is 1.94 bits per heavy atom. The van der Waals surface area contributed by atoms with Gasteiger partial charge in [0.05, 0.1) is 18.8 Å². The molecule has 1 fully saturated rings. The Bertz CT molecular complexity index is 251. The first-order chi connectivity index (χ1) is 7.19. The van der Waals surface area contributed by atoms with E-state index in [0.717, 1.165) is 24.0 Å². The van der Waals surface area contributed by atoms with Gasteiger partial charge in [-0.2, -0.15) is 0 Å². The number of rotatable bonds is 3. The summed E-state index contributed by atoms with van der Waals surface area (Å²) in [6, 6.07) is 0. The number of aliphatic hydroxyl groups excluding tert-OH is 3. The molecule has 0 saturated heterocycles. The van der Waals surface area contributed by atoms with Crippen LogP contribution in [0, 0.1) is 0 Å². The summed E-state index contributed by atoms with van der Waals surface area (Å²) in [6.45, 7) is 2.04. The second-order valence-electron chi connectivity index (χ2n) is 3.98. The Labute approximate surface area is 185 Å². The number of hydrogen-bond donors (Lipinski definition) is 3. The molecular weight excluding hydrogens is 459 g/mol. The van der Waals surface area contributed by atoms with Gasteiger partial charge in [-0.25, -0.2) is 0 Å². The molecule has 0 heterocycles. The van der Waals surface area contributed by atoms with Gasteiger partial charge in [-0.3, -0.25) is 0 Å². The molecule has 0 bridgehead atoms. The number of unbranched alkanes of at least 4 members (excludes halogenated alkanes) is 1. The second-order valence-corrected chi connectivity index (χ2v) is 3.98. The van der Waals surface area contributed by atoms with Gasteiger partial charge in [-0.05, 0) is 24.8 Å². The van der Waals surface area contributed by atoms with Crippen molar-refractivity contribution in [1.29, 1.82) is 0 Å². The molecule has 1 aliphatic rings. The molecule has 0 unspecified atom stereocenters. The third-order valence-corrected chi connectivity index (χ3v) is 2.73. The van der Waals surface area contributed by atoms with Crippen molar-refractivity contribution in [2.24, 2.45) is 0 Å². The molecule has 0 aromatic rings. The third kappa shape index (κ3) is 8.85. The van der Waals surface area contributed by atoms with Gasteiger partial charge in [-0.1, -0.05) is 31.1 Å². The summed E-state index contributed by atoms with van der Waals surface area (Å²) in [5.41, 5.74) is 1.68. The third-order valence-electron chi connectivity index (χ3n) is 2.73. The van der Waals surface area contributed by atoms with Crippen LogP contribution in [0.15, 0.2) is 23.3 Å². The Kier molecular flexibility index (Phi) is 20.8. The van der Waals surface area contributed by atoms with Crippen LogP contribution >= 0.6 is 0 Å². The first-order valence-electron chi connectivity index (χ1n) is 5.53. The van der Waals surface area contributed by atoms with Gasteiger partial charge in [0.2, 0.25) is 0 Å². The fourth-order valence-corrected chi connectivity index (χ4v) is 1.92. The smallest absolute Gasteiger partial charge is 0.0812 e. The molecule has 3 radical (unpaired) electrons. The van der Waals surface area contributed by atoms with E-state index in [9.17, 15) is 10.2 Å². The van der Waals surface area contributed by atoms with Crippen LogP contribution in [0.25, 0.3) is 0 Å². The normalized spacial score (nSPS) is 22.2. The molecule has 0 aromatic heterocycles. The van der Waals surface area contributed by atoms with E-state index in [0.29, 0.717) is 12.8 Å². The summed E-state index contributed by atoms with van der Waals surface area (Å²) >= 11 is 0. The van der Waals surface area contributed by atoms with Crippen molar-refractivity contribution in [3.05, 3.63) is 23.3 Å². The van der Waals surface area contributed by atoms with Crippen LogP contribution in [0.1, 0.15) is 32.6 Å². The molecule has 0 aliphatic heterocycles. The average Bonchev–Trinajstić information content (AvgIpc) is 2.17. The summed E-state index contributed by atoms with van der Waals surface area (Å²) in [6.07, 6.45) is 5.41. The molecule has 6 heteroatoms. The molecule has 0 spiro atoms. The Morgan fingerprint density at radius 2 is 1.56 bits per heavy atom. The zero-order chi connectivity index (χ0) is 11.3. The molecule has 1 rings (SSSR count). The molecule has 1 saturated carbocycles. The maximum atomic E-state index is 9.81. The topological polar surface area (TPSA) is 60.7 Å². The Hall–Kier alpha value is 2.67. The molecule has 3 N–H and O–H groups in total. The van der Waals surface area contributed by atoms with E-state index < -0.39 is 12.2 Å². The van der Waals surface area contributed by atoms with Gasteiger partial charge in [0, 0.05) is 98.1 Å². The zero-order valence-corrected chi connectivity index (χ0v) is 19.4. The van der Waals surface area contributed by atoms with E-state index >= 15 is 0 Å². The molecule has 1 aliphatic carbocycles. The summed E-state index contributed by atoms with van der Waals surface area (Å²) in [7, 11) is 0. The molecule has 0 amide bonds. The Balaban J connectivity index is -0.000000750. The zero-order valence-electron chi connectivity index (χ0n) is 10.9. The van der Waals surface area contributed by atoms with Crippen molar-refractivity contribution in [1.82, 2.24) is 0 Å². The van der Waals surface area contributed by atoms with Crippen LogP contribution in [0.2, 0.25) is 0 Å². The molecule has 0 aromatic carbocycles. The van der Waals surface area contributed by atoms with Crippen molar-refractivity contribution in [2.45, 2.75) is 44.8 Å². The quantitative estimate of drug-likeness (QED) is 0.533.